The molecule has 0 bridgehead atoms. The van der Waals surface area contributed by atoms with Crippen molar-refractivity contribution in [3.63, 3.8) is 0 Å². The number of thiophene rings is 1. The van der Waals surface area contributed by atoms with Crippen LogP contribution in [0, 0.1) is 6.92 Å². The molecule has 0 saturated carbocycles. The second-order valence-electron chi connectivity index (χ2n) is 10.1. The van der Waals surface area contributed by atoms with Crippen molar-refractivity contribution in [3.8, 4) is 11.5 Å². The van der Waals surface area contributed by atoms with Crippen LogP contribution in [0.2, 0.25) is 0 Å². The van der Waals surface area contributed by atoms with Crippen LogP contribution in [0.15, 0.2) is 72.8 Å². The molecule has 0 saturated heterocycles. The van der Waals surface area contributed by atoms with E-state index in [4.69, 9.17) is 14.2 Å². The molecule has 0 unspecified atom stereocenters. The van der Waals surface area contributed by atoms with Gasteiger partial charge in [0.15, 0.2) is 11.5 Å². The summed E-state index contributed by atoms with van der Waals surface area (Å²) in [6.45, 7) is 6.57. The van der Waals surface area contributed by atoms with Crippen molar-refractivity contribution in [2.24, 2.45) is 0 Å². The fourth-order valence-corrected chi connectivity index (χ4v) is 5.78. The minimum absolute atomic E-state index is 0.00588. The lowest BCUT2D eigenvalue weighted by Crippen LogP contribution is -2.44. The molecule has 0 fully saturated rings. The molecule has 4 aromatic rings. The monoisotopic (exact) mass is 588 g/mol. The third kappa shape index (κ3) is 8.33. The average molecular weight is 589 g/mol. The van der Waals surface area contributed by atoms with Crippen LogP contribution in [0.25, 0.3) is 10.8 Å². The summed E-state index contributed by atoms with van der Waals surface area (Å²) in [5.41, 5.74) is 1.61. The van der Waals surface area contributed by atoms with E-state index in [2.05, 4.69) is 19.1 Å². The molecule has 1 heterocycles. The van der Waals surface area contributed by atoms with Crippen molar-refractivity contribution < 1.29 is 23.8 Å². The van der Waals surface area contributed by atoms with Crippen LogP contribution in [-0.2, 0) is 22.5 Å². The second-order valence-corrected chi connectivity index (χ2v) is 11.5. The Kier molecular flexibility index (Phi) is 11.4. The number of fused-ring (bicyclic) bond motifs is 1. The molecule has 0 aliphatic rings. The van der Waals surface area contributed by atoms with Gasteiger partial charge in [-0.1, -0.05) is 36.4 Å². The standard InChI is InChI=1S/C34H40N2O5S/c1-5-41-20-8-18-36(34(38)29-14-13-27-9-6-7-10-28(27)22-29)24-33(37)35(23-30-15-11-25(2)42-30)19-17-26-12-16-31(39-3)32(21-26)40-4/h6-7,9-16,21-22H,5,8,17-20,23-24H2,1-4H3. The molecule has 8 heteroatoms. The van der Waals surface area contributed by atoms with E-state index < -0.39 is 0 Å². The third-order valence-corrected chi connectivity index (χ3v) is 8.13. The number of methoxy groups -OCH3 is 2. The Bertz CT molecular complexity index is 1480. The largest absolute Gasteiger partial charge is 0.493 e. The number of carbonyl (C=O) groups is 2. The van der Waals surface area contributed by atoms with Gasteiger partial charge in [-0.15, -0.1) is 11.3 Å². The lowest BCUT2D eigenvalue weighted by molar-refractivity contribution is -0.132. The number of hydrogen-bond acceptors (Lipinski definition) is 6. The van der Waals surface area contributed by atoms with Gasteiger partial charge < -0.3 is 24.0 Å². The lowest BCUT2D eigenvalue weighted by Gasteiger charge is -2.28. The summed E-state index contributed by atoms with van der Waals surface area (Å²) >= 11 is 1.68. The van der Waals surface area contributed by atoms with Gasteiger partial charge in [-0.3, -0.25) is 9.59 Å². The van der Waals surface area contributed by atoms with E-state index >= 15 is 0 Å². The van der Waals surface area contributed by atoms with Crippen molar-refractivity contribution in [2.45, 2.75) is 33.2 Å². The molecule has 0 aliphatic carbocycles. The molecule has 0 atom stereocenters. The van der Waals surface area contributed by atoms with Crippen LogP contribution in [0.4, 0.5) is 0 Å². The highest BCUT2D eigenvalue weighted by Gasteiger charge is 2.23. The van der Waals surface area contributed by atoms with Crippen molar-refractivity contribution in [1.29, 1.82) is 0 Å². The zero-order valence-corrected chi connectivity index (χ0v) is 25.7. The Morgan fingerprint density at radius 3 is 2.33 bits per heavy atom. The Hall–Kier alpha value is -3.88. The molecular formula is C34H40N2O5S. The summed E-state index contributed by atoms with van der Waals surface area (Å²) in [6, 6.07) is 23.6. The van der Waals surface area contributed by atoms with E-state index in [-0.39, 0.29) is 18.4 Å². The smallest absolute Gasteiger partial charge is 0.254 e. The Morgan fingerprint density at radius 1 is 0.833 bits per heavy atom. The van der Waals surface area contributed by atoms with Crippen LogP contribution in [0.5, 0.6) is 11.5 Å². The van der Waals surface area contributed by atoms with Gasteiger partial charge in [-0.25, -0.2) is 0 Å². The van der Waals surface area contributed by atoms with Gasteiger partial charge in [0, 0.05) is 41.6 Å². The highest BCUT2D eigenvalue weighted by atomic mass is 32.1. The highest BCUT2D eigenvalue weighted by Crippen LogP contribution is 2.28. The molecular weight excluding hydrogens is 548 g/mol. The number of amides is 2. The summed E-state index contributed by atoms with van der Waals surface area (Å²) in [6.07, 6.45) is 1.29. The topological polar surface area (TPSA) is 68.3 Å². The van der Waals surface area contributed by atoms with Crippen molar-refractivity contribution in [1.82, 2.24) is 9.80 Å². The first-order chi connectivity index (χ1) is 20.4. The van der Waals surface area contributed by atoms with Crippen LogP contribution in [-0.4, -0.2) is 68.7 Å². The molecule has 1 aromatic heterocycles. The number of benzene rings is 3. The number of carbonyl (C=O) groups excluding carboxylic acids is 2. The number of ether oxygens (including phenoxy) is 3. The van der Waals surface area contributed by atoms with E-state index in [9.17, 15) is 9.59 Å². The Labute approximate surface area is 252 Å². The van der Waals surface area contributed by atoms with Gasteiger partial charge in [-0.05, 0) is 79.4 Å². The van der Waals surface area contributed by atoms with Gasteiger partial charge in [0.1, 0.15) is 6.54 Å². The normalized spacial score (nSPS) is 11.0. The number of hydrogen-bond donors (Lipinski definition) is 0. The molecule has 0 spiro atoms. The van der Waals surface area contributed by atoms with Gasteiger partial charge in [0.2, 0.25) is 5.91 Å². The van der Waals surface area contributed by atoms with Crippen molar-refractivity contribution in [2.75, 3.05) is 47.1 Å². The quantitative estimate of drug-likeness (QED) is 0.151. The first kappa shape index (κ1) is 31.1. The summed E-state index contributed by atoms with van der Waals surface area (Å²) in [5.74, 6) is 1.07. The Balaban J connectivity index is 1.54. The third-order valence-electron chi connectivity index (χ3n) is 7.14. The summed E-state index contributed by atoms with van der Waals surface area (Å²) in [5, 5.41) is 2.06. The predicted molar refractivity (Wildman–Crippen MR) is 169 cm³/mol. The number of nitrogens with zero attached hydrogens (tertiary/aromatic N) is 2. The summed E-state index contributed by atoms with van der Waals surface area (Å²) in [7, 11) is 3.23. The molecule has 0 aliphatic heterocycles. The minimum Gasteiger partial charge on any atom is -0.493 e. The van der Waals surface area contributed by atoms with Crippen LogP contribution in [0.1, 0.15) is 39.0 Å². The molecule has 7 nitrogen and oxygen atoms in total. The van der Waals surface area contributed by atoms with E-state index in [0.29, 0.717) is 62.8 Å². The highest BCUT2D eigenvalue weighted by molar-refractivity contribution is 7.11. The Morgan fingerprint density at radius 2 is 1.62 bits per heavy atom. The molecule has 3 aromatic carbocycles. The van der Waals surface area contributed by atoms with E-state index in [1.807, 2.05) is 72.5 Å². The molecule has 2 amide bonds. The number of aryl methyl sites for hydroxylation is 1. The van der Waals surface area contributed by atoms with Gasteiger partial charge in [-0.2, -0.15) is 0 Å². The maximum atomic E-state index is 13.9. The predicted octanol–water partition coefficient (Wildman–Crippen LogP) is 6.37. The summed E-state index contributed by atoms with van der Waals surface area (Å²) < 4.78 is 16.4. The molecule has 4 rings (SSSR count). The second kappa shape index (κ2) is 15.4. The van der Waals surface area contributed by atoms with E-state index in [0.717, 1.165) is 21.2 Å². The van der Waals surface area contributed by atoms with Gasteiger partial charge >= 0.3 is 0 Å². The number of rotatable bonds is 15. The van der Waals surface area contributed by atoms with Crippen LogP contribution < -0.4 is 9.47 Å². The summed E-state index contributed by atoms with van der Waals surface area (Å²) in [4.78, 5) is 33.5. The van der Waals surface area contributed by atoms with Gasteiger partial charge in [0.25, 0.3) is 5.91 Å². The van der Waals surface area contributed by atoms with E-state index in [1.165, 1.54) is 4.88 Å². The van der Waals surface area contributed by atoms with E-state index in [1.54, 1.807) is 30.5 Å². The molecule has 42 heavy (non-hydrogen) atoms. The SMILES string of the molecule is CCOCCCN(CC(=O)N(CCc1ccc(OC)c(OC)c1)Cc1ccc(C)s1)C(=O)c1ccc2ccccc2c1. The zero-order valence-electron chi connectivity index (χ0n) is 24.9. The van der Waals surface area contributed by atoms with Crippen LogP contribution >= 0.6 is 11.3 Å². The fourth-order valence-electron chi connectivity index (χ4n) is 4.87. The molecule has 0 N–H and O–H groups in total. The van der Waals surface area contributed by atoms with Gasteiger partial charge in [0.05, 0.1) is 20.8 Å². The molecule has 0 radical (unpaired) electrons. The van der Waals surface area contributed by atoms with Crippen LogP contribution in [0.3, 0.4) is 0 Å². The molecule has 222 valence electrons. The first-order valence-corrected chi connectivity index (χ1v) is 15.1. The maximum absolute atomic E-state index is 13.9. The lowest BCUT2D eigenvalue weighted by atomic mass is 10.1. The first-order valence-electron chi connectivity index (χ1n) is 14.3. The zero-order chi connectivity index (χ0) is 29.9. The van der Waals surface area contributed by atoms with Crippen molar-refractivity contribution >= 4 is 33.9 Å². The average Bonchev–Trinajstić information content (AvgIpc) is 3.43. The minimum atomic E-state index is -0.155. The van der Waals surface area contributed by atoms with Crippen molar-refractivity contribution in [3.05, 3.63) is 93.7 Å². The maximum Gasteiger partial charge on any atom is 0.254 e. The fraction of sp³-hybridized carbons (Fsp3) is 0.353.